The van der Waals surface area contributed by atoms with Crippen molar-refractivity contribution in [3.8, 4) is 0 Å². The highest BCUT2D eigenvalue weighted by Crippen LogP contribution is 2.24. The minimum atomic E-state index is 0.0350. The molecule has 5 nitrogen and oxygen atoms in total. The van der Waals surface area contributed by atoms with Gasteiger partial charge in [0.1, 0.15) is 0 Å². The lowest BCUT2D eigenvalue weighted by molar-refractivity contribution is 0.162. The van der Waals surface area contributed by atoms with Gasteiger partial charge < -0.3 is 14.8 Å². The first-order valence-corrected chi connectivity index (χ1v) is 8.86. The minimum Gasteiger partial charge on any atom is -0.306 e. The maximum atomic E-state index is 12.3. The summed E-state index contributed by atoms with van der Waals surface area (Å²) in [6, 6.07) is 8.32. The molecule has 2 heterocycles. The highest BCUT2D eigenvalue weighted by molar-refractivity contribution is 5.75. The van der Waals surface area contributed by atoms with Crippen LogP contribution in [0.3, 0.4) is 0 Å². The van der Waals surface area contributed by atoms with Crippen LogP contribution in [-0.4, -0.2) is 58.6 Å². The Balaban J connectivity index is 1.62. The molecular formula is C18H28N4O. The summed E-state index contributed by atoms with van der Waals surface area (Å²) in [5.41, 5.74) is 2.02. The monoisotopic (exact) mass is 316 g/mol. The molecule has 1 N–H and O–H groups in total. The molecule has 1 saturated heterocycles. The van der Waals surface area contributed by atoms with Crippen LogP contribution in [0.15, 0.2) is 29.1 Å². The smallest absolute Gasteiger partial charge is 0.306 e. The predicted molar refractivity (Wildman–Crippen MR) is 95.1 cm³/mol. The fraction of sp³-hybridized carbons (Fsp3) is 0.611. The minimum absolute atomic E-state index is 0.0350. The molecule has 126 valence electrons. The first-order chi connectivity index (χ1) is 11.2. The molecule has 1 aromatic carbocycles. The zero-order chi connectivity index (χ0) is 16.2. The van der Waals surface area contributed by atoms with Gasteiger partial charge in [-0.2, -0.15) is 0 Å². The molecule has 1 fully saturated rings. The number of aromatic nitrogens is 2. The van der Waals surface area contributed by atoms with Gasteiger partial charge in [0.15, 0.2) is 0 Å². The lowest BCUT2D eigenvalue weighted by atomic mass is 10.0. The highest BCUT2D eigenvalue weighted by Gasteiger charge is 2.23. The van der Waals surface area contributed by atoms with E-state index in [0.29, 0.717) is 6.04 Å². The second-order valence-corrected chi connectivity index (χ2v) is 6.42. The van der Waals surface area contributed by atoms with Gasteiger partial charge in [0, 0.05) is 32.2 Å². The zero-order valence-electron chi connectivity index (χ0n) is 14.3. The normalized spacial score (nSPS) is 17.3. The Kier molecular flexibility index (Phi) is 5.18. The van der Waals surface area contributed by atoms with Gasteiger partial charge in [0.05, 0.1) is 11.0 Å². The number of H-pyrrole nitrogens is 1. The number of rotatable bonds is 6. The number of fused-ring (bicyclic) bond motifs is 1. The summed E-state index contributed by atoms with van der Waals surface area (Å²) in [7, 11) is 0. The molecule has 0 amide bonds. The number of benzene rings is 1. The van der Waals surface area contributed by atoms with Crippen molar-refractivity contribution >= 4 is 11.0 Å². The van der Waals surface area contributed by atoms with Crippen molar-refractivity contribution < 1.29 is 0 Å². The number of likely N-dealkylation sites (N-methyl/N-ethyl adjacent to an activating group) is 1. The van der Waals surface area contributed by atoms with Crippen LogP contribution in [-0.2, 0) is 0 Å². The number of para-hydroxylation sites is 2. The van der Waals surface area contributed by atoms with Crippen LogP contribution in [0.1, 0.15) is 32.7 Å². The van der Waals surface area contributed by atoms with Crippen molar-refractivity contribution in [1.82, 2.24) is 19.4 Å². The fourth-order valence-electron chi connectivity index (χ4n) is 3.66. The van der Waals surface area contributed by atoms with Crippen molar-refractivity contribution in [3.63, 3.8) is 0 Å². The maximum Gasteiger partial charge on any atom is 0.326 e. The van der Waals surface area contributed by atoms with E-state index in [-0.39, 0.29) is 5.69 Å². The average Bonchev–Trinajstić information content (AvgIpc) is 2.92. The van der Waals surface area contributed by atoms with Gasteiger partial charge >= 0.3 is 5.69 Å². The van der Waals surface area contributed by atoms with Crippen LogP contribution in [0.4, 0.5) is 0 Å². The Bertz CT molecular complexity index is 678. The van der Waals surface area contributed by atoms with Crippen molar-refractivity contribution in [2.75, 3.05) is 39.3 Å². The SMILES string of the molecule is CCN(CC)CCN1CCC(n2c(=O)[nH]c3ccccc32)CC1. The van der Waals surface area contributed by atoms with Gasteiger partial charge in [-0.3, -0.25) is 4.57 Å². The molecule has 2 aromatic rings. The Hall–Kier alpha value is -1.59. The van der Waals surface area contributed by atoms with Crippen LogP contribution in [0, 0.1) is 0 Å². The van der Waals surface area contributed by atoms with E-state index in [0.717, 1.165) is 63.1 Å². The van der Waals surface area contributed by atoms with Crippen LogP contribution in [0.2, 0.25) is 0 Å². The molecule has 0 unspecified atom stereocenters. The van der Waals surface area contributed by atoms with E-state index in [1.54, 1.807) is 0 Å². The van der Waals surface area contributed by atoms with Crippen LogP contribution < -0.4 is 5.69 Å². The Morgan fingerprint density at radius 2 is 1.87 bits per heavy atom. The van der Waals surface area contributed by atoms with Gasteiger partial charge in [0.2, 0.25) is 0 Å². The van der Waals surface area contributed by atoms with Crippen molar-refractivity contribution in [2.45, 2.75) is 32.7 Å². The summed E-state index contributed by atoms with van der Waals surface area (Å²) in [5.74, 6) is 0. The molecule has 0 bridgehead atoms. The average molecular weight is 316 g/mol. The van der Waals surface area contributed by atoms with E-state index in [9.17, 15) is 4.79 Å². The topological polar surface area (TPSA) is 44.3 Å². The van der Waals surface area contributed by atoms with E-state index in [2.05, 4.69) is 28.6 Å². The molecule has 1 aliphatic heterocycles. The standard InChI is InChI=1S/C18H28N4O/c1-3-20(4-2)13-14-21-11-9-15(10-12-21)22-17-8-6-5-7-16(17)19-18(22)23/h5-8,15H,3-4,9-14H2,1-2H3,(H,19,23). The van der Waals surface area contributed by atoms with E-state index in [1.165, 1.54) is 0 Å². The first-order valence-electron chi connectivity index (χ1n) is 8.86. The molecule has 0 atom stereocenters. The molecule has 5 heteroatoms. The number of hydrogen-bond donors (Lipinski definition) is 1. The molecule has 23 heavy (non-hydrogen) atoms. The first kappa shape index (κ1) is 16.3. The van der Waals surface area contributed by atoms with Crippen LogP contribution >= 0.6 is 0 Å². The third kappa shape index (κ3) is 3.51. The van der Waals surface area contributed by atoms with E-state index < -0.39 is 0 Å². The molecule has 0 radical (unpaired) electrons. The molecule has 1 aliphatic rings. The second kappa shape index (κ2) is 7.32. The largest absolute Gasteiger partial charge is 0.326 e. The lowest BCUT2D eigenvalue weighted by Gasteiger charge is -2.33. The molecule has 0 aliphatic carbocycles. The third-order valence-corrected chi connectivity index (χ3v) is 5.17. The molecule has 1 aromatic heterocycles. The summed E-state index contributed by atoms with van der Waals surface area (Å²) >= 11 is 0. The van der Waals surface area contributed by atoms with Gasteiger partial charge in [-0.1, -0.05) is 26.0 Å². The lowest BCUT2D eigenvalue weighted by Crippen LogP contribution is -2.41. The summed E-state index contributed by atoms with van der Waals surface area (Å²) < 4.78 is 1.97. The van der Waals surface area contributed by atoms with Gasteiger partial charge in [-0.05, 0) is 38.1 Å². The van der Waals surface area contributed by atoms with E-state index >= 15 is 0 Å². The summed E-state index contributed by atoms with van der Waals surface area (Å²) in [4.78, 5) is 20.3. The number of nitrogens with zero attached hydrogens (tertiary/aromatic N) is 3. The molecule has 0 spiro atoms. The predicted octanol–water partition coefficient (Wildman–Crippen LogP) is 2.31. The number of likely N-dealkylation sites (tertiary alicyclic amines) is 1. The van der Waals surface area contributed by atoms with Gasteiger partial charge in [0.25, 0.3) is 0 Å². The molecular weight excluding hydrogens is 288 g/mol. The number of nitrogens with one attached hydrogen (secondary N) is 1. The molecule has 0 saturated carbocycles. The van der Waals surface area contributed by atoms with Crippen LogP contribution in [0.25, 0.3) is 11.0 Å². The summed E-state index contributed by atoms with van der Waals surface area (Å²) in [6.45, 7) is 11.1. The zero-order valence-corrected chi connectivity index (χ0v) is 14.3. The fourth-order valence-corrected chi connectivity index (χ4v) is 3.66. The second-order valence-electron chi connectivity index (χ2n) is 6.42. The Morgan fingerprint density at radius 1 is 1.17 bits per heavy atom. The highest BCUT2D eigenvalue weighted by atomic mass is 16.1. The van der Waals surface area contributed by atoms with Gasteiger partial charge in [-0.25, -0.2) is 4.79 Å². The van der Waals surface area contributed by atoms with E-state index in [1.807, 2.05) is 28.8 Å². The summed E-state index contributed by atoms with van der Waals surface area (Å²) in [5, 5.41) is 0. The summed E-state index contributed by atoms with van der Waals surface area (Å²) in [6.07, 6.45) is 2.11. The number of imidazole rings is 1. The van der Waals surface area contributed by atoms with Gasteiger partial charge in [-0.15, -0.1) is 0 Å². The molecule has 3 rings (SSSR count). The van der Waals surface area contributed by atoms with Crippen molar-refractivity contribution in [3.05, 3.63) is 34.7 Å². The Morgan fingerprint density at radius 3 is 2.57 bits per heavy atom. The van der Waals surface area contributed by atoms with E-state index in [4.69, 9.17) is 0 Å². The maximum absolute atomic E-state index is 12.3. The number of aromatic amines is 1. The number of piperidine rings is 1. The van der Waals surface area contributed by atoms with Crippen molar-refractivity contribution in [1.29, 1.82) is 0 Å². The quantitative estimate of drug-likeness (QED) is 0.889. The number of hydrogen-bond acceptors (Lipinski definition) is 3. The van der Waals surface area contributed by atoms with Crippen LogP contribution in [0.5, 0.6) is 0 Å². The third-order valence-electron chi connectivity index (χ3n) is 5.17. The van der Waals surface area contributed by atoms with Crippen molar-refractivity contribution in [2.24, 2.45) is 0 Å². The Labute approximate surface area is 137 Å².